The Morgan fingerprint density at radius 1 is 1.04 bits per heavy atom. The Hall–Kier alpha value is -1.54. The van der Waals surface area contributed by atoms with Crippen molar-refractivity contribution in [3.8, 4) is 0 Å². The molecule has 0 spiro atoms. The fourth-order valence-corrected chi connectivity index (χ4v) is 4.75. The highest BCUT2D eigenvalue weighted by molar-refractivity contribution is 7.91. The van der Waals surface area contributed by atoms with Crippen LogP contribution in [0, 0.1) is 0 Å². The third-order valence-electron chi connectivity index (χ3n) is 5.58. The van der Waals surface area contributed by atoms with Gasteiger partial charge in [-0.2, -0.15) is 8.78 Å². The van der Waals surface area contributed by atoms with E-state index in [-0.39, 0.29) is 17.5 Å². The van der Waals surface area contributed by atoms with E-state index in [9.17, 15) is 22.0 Å². The Bertz CT molecular complexity index is 745. The van der Waals surface area contributed by atoms with Crippen LogP contribution >= 0.6 is 0 Å². The molecule has 1 aliphatic heterocycles. The molecule has 1 aromatic rings. The number of alkyl halides is 2. The average molecular weight is 400 g/mol. The number of amides is 1. The highest BCUT2D eigenvalue weighted by Gasteiger charge is 2.30. The van der Waals surface area contributed by atoms with Crippen molar-refractivity contribution in [2.75, 3.05) is 13.1 Å². The van der Waals surface area contributed by atoms with Crippen molar-refractivity contribution in [3.05, 3.63) is 29.8 Å². The van der Waals surface area contributed by atoms with Gasteiger partial charge in [-0.05, 0) is 43.5 Å². The molecule has 1 N–H and O–H groups in total. The van der Waals surface area contributed by atoms with Gasteiger partial charge < -0.3 is 5.32 Å². The number of carbonyl (C=O) groups excluding carboxylic acids is 1. The molecule has 1 saturated heterocycles. The Kier molecular flexibility index (Phi) is 6.47. The molecule has 8 heteroatoms. The molecule has 5 nitrogen and oxygen atoms in total. The van der Waals surface area contributed by atoms with Crippen LogP contribution in [0.3, 0.4) is 0 Å². The van der Waals surface area contributed by atoms with Crippen molar-refractivity contribution < 1.29 is 22.0 Å². The Morgan fingerprint density at radius 3 is 2.26 bits per heavy atom. The summed E-state index contributed by atoms with van der Waals surface area (Å²) in [6.07, 6.45) is 8.49. The number of hydrogen-bond acceptors (Lipinski definition) is 4. The smallest absolute Gasteiger partial charge is 0.341 e. The summed E-state index contributed by atoms with van der Waals surface area (Å²) < 4.78 is 48.0. The van der Waals surface area contributed by atoms with Gasteiger partial charge in [-0.3, -0.25) is 9.69 Å². The van der Waals surface area contributed by atoms with E-state index in [2.05, 4.69) is 10.2 Å². The first-order valence-corrected chi connectivity index (χ1v) is 11.1. The first-order chi connectivity index (χ1) is 12.9. The number of benzene rings is 1. The van der Waals surface area contributed by atoms with Crippen LogP contribution in [0.25, 0.3) is 0 Å². The summed E-state index contributed by atoms with van der Waals surface area (Å²) >= 11 is 0. The summed E-state index contributed by atoms with van der Waals surface area (Å²) in [5.41, 5.74) is 0.274. The van der Waals surface area contributed by atoms with E-state index in [4.69, 9.17) is 0 Å². The van der Waals surface area contributed by atoms with Crippen LogP contribution in [-0.4, -0.2) is 50.2 Å². The third-order valence-corrected chi connectivity index (χ3v) is 6.97. The highest BCUT2D eigenvalue weighted by atomic mass is 32.2. The number of hydrogen-bond donors (Lipinski definition) is 1. The van der Waals surface area contributed by atoms with Gasteiger partial charge in [0, 0.05) is 30.7 Å². The molecule has 3 rings (SSSR count). The molecular weight excluding hydrogens is 374 g/mol. The number of likely N-dealkylation sites (tertiary alicyclic amines) is 1. The van der Waals surface area contributed by atoms with Gasteiger partial charge in [-0.1, -0.05) is 25.7 Å². The van der Waals surface area contributed by atoms with E-state index < -0.39 is 20.5 Å². The minimum absolute atomic E-state index is 0.0604. The van der Waals surface area contributed by atoms with E-state index in [1.807, 2.05) is 0 Å². The lowest BCUT2D eigenvalue weighted by Gasteiger charge is -2.26. The second-order valence-electron chi connectivity index (χ2n) is 7.43. The lowest BCUT2D eigenvalue weighted by molar-refractivity contribution is 0.0935. The van der Waals surface area contributed by atoms with E-state index in [1.165, 1.54) is 50.7 Å². The Labute approximate surface area is 159 Å². The van der Waals surface area contributed by atoms with Crippen molar-refractivity contribution in [1.82, 2.24) is 10.2 Å². The van der Waals surface area contributed by atoms with Crippen molar-refractivity contribution in [1.29, 1.82) is 0 Å². The minimum Gasteiger partial charge on any atom is -0.348 e. The largest absolute Gasteiger partial charge is 0.348 e. The maximum absolute atomic E-state index is 12.6. The van der Waals surface area contributed by atoms with Crippen LogP contribution in [0.1, 0.15) is 55.3 Å². The first-order valence-electron chi connectivity index (χ1n) is 9.55. The molecule has 0 radical (unpaired) electrons. The monoisotopic (exact) mass is 400 g/mol. The summed E-state index contributed by atoms with van der Waals surface area (Å²) in [5.74, 6) is -3.77. The quantitative estimate of drug-likeness (QED) is 0.771. The van der Waals surface area contributed by atoms with Crippen LogP contribution in [0.5, 0.6) is 0 Å². The van der Waals surface area contributed by atoms with Crippen LogP contribution in [0.4, 0.5) is 8.78 Å². The molecule has 1 saturated carbocycles. The Morgan fingerprint density at radius 2 is 1.67 bits per heavy atom. The number of rotatable bonds is 5. The summed E-state index contributed by atoms with van der Waals surface area (Å²) in [7, 11) is -4.64. The number of carbonyl (C=O) groups is 1. The molecule has 1 heterocycles. The van der Waals surface area contributed by atoms with Crippen molar-refractivity contribution in [2.45, 2.75) is 67.7 Å². The van der Waals surface area contributed by atoms with Crippen LogP contribution in [0.2, 0.25) is 0 Å². The SMILES string of the molecule is O=C(NC1CCN(C2CCCCCC2)C1)c1ccc(S(=O)(=O)C(F)F)cc1. The van der Waals surface area contributed by atoms with Gasteiger partial charge >= 0.3 is 5.76 Å². The molecule has 0 aromatic heterocycles. The van der Waals surface area contributed by atoms with Crippen molar-refractivity contribution in [2.24, 2.45) is 0 Å². The molecule has 1 aromatic carbocycles. The van der Waals surface area contributed by atoms with Crippen LogP contribution < -0.4 is 5.32 Å². The van der Waals surface area contributed by atoms with Crippen molar-refractivity contribution >= 4 is 15.7 Å². The third kappa shape index (κ3) is 4.85. The predicted octanol–water partition coefficient (Wildman–Crippen LogP) is 3.21. The molecule has 0 bridgehead atoms. The molecule has 2 fully saturated rings. The molecule has 1 amide bonds. The number of nitrogens with zero attached hydrogens (tertiary/aromatic N) is 1. The van der Waals surface area contributed by atoms with Gasteiger partial charge in [-0.25, -0.2) is 8.42 Å². The lowest BCUT2D eigenvalue weighted by Crippen LogP contribution is -2.39. The first kappa shape index (κ1) is 20.2. The fourth-order valence-electron chi connectivity index (χ4n) is 4.03. The van der Waals surface area contributed by atoms with Crippen LogP contribution in [0.15, 0.2) is 29.2 Å². The molecule has 1 atom stereocenters. The molecule has 2 aliphatic rings. The van der Waals surface area contributed by atoms with Gasteiger partial charge in [0.2, 0.25) is 9.84 Å². The van der Waals surface area contributed by atoms with Gasteiger partial charge in [0.05, 0.1) is 4.90 Å². The van der Waals surface area contributed by atoms with Crippen LogP contribution in [-0.2, 0) is 9.84 Å². The zero-order chi connectivity index (χ0) is 19.4. The highest BCUT2D eigenvalue weighted by Crippen LogP contribution is 2.25. The fraction of sp³-hybridized carbons (Fsp3) is 0.632. The summed E-state index contributed by atoms with van der Waals surface area (Å²) in [5, 5.41) is 2.98. The molecule has 1 unspecified atom stereocenters. The number of nitrogens with one attached hydrogen (secondary N) is 1. The zero-order valence-electron chi connectivity index (χ0n) is 15.2. The molecule has 27 heavy (non-hydrogen) atoms. The van der Waals surface area contributed by atoms with Gasteiger partial charge in [-0.15, -0.1) is 0 Å². The summed E-state index contributed by atoms with van der Waals surface area (Å²) in [4.78, 5) is 14.4. The van der Waals surface area contributed by atoms with E-state index in [0.717, 1.165) is 31.6 Å². The van der Waals surface area contributed by atoms with Gasteiger partial charge in [0.1, 0.15) is 0 Å². The molecule has 150 valence electrons. The van der Waals surface area contributed by atoms with E-state index >= 15 is 0 Å². The maximum atomic E-state index is 12.6. The standard InChI is InChI=1S/C19H26F2N2O3S/c20-19(21)27(25,26)17-9-7-14(8-10-17)18(24)22-15-11-12-23(13-15)16-5-3-1-2-4-6-16/h7-10,15-16,19H,1-6,11-13H2,(H,22,24). The second-order valence-corrected chi connectivity index (χ2v) is 9.35. The zero-order valence-corrected chi connectivity index (χ0v) is 16.1. The topological polar surface area (TPSA) is 66.5 Å². The number of halogens is 2. The van der Waals surface area contributed by atoms with Crippen molar-refractivity contribution in [3.63, 3.8) is 0 Å². The van der Waals surface area contributed by atoms with E-state index in [0.29, 0.717) is 6.04 Å². The van der Waals surface area contributed by atoms with Gasteiger partial charge in [0.15, 0.2) is 0 Å². The summed E-state index contributed by atoms with van der Waals surface area (Å²) in [6.45, 7) is 1.80. The minimum atomic E-state index is -4.64. The summed E-state index contributed by atoms with van der Waals surface area (Å²) in [6, 6.07) is 5.34. The second kappa shape index (κ2) is 8.65. The Balaban J connectivity index is 1.56. The number of sulfone groups is 1. The maximum Gasteiger partial charge on any atom is 0.341 e. The predicted molar refractivity (Wildman–Crippen MR) is 98.6 cm³/mol. The lowest BCUT2D eigenvalue weighted by atomic mass is 10.1. The molecule has 1 aliphatic carbocycles. The average Bonchev–Trinajstić information content (AvgIpc) is 2.94. The molecular formula is C19H26F2N2O3S. The normalized spacial score (nSPS) is 22.7. The van der Waals surface area contributed by atoms with Gasteiger partial charge in [0.25, 0.3) is 5.91 Å². The van der Waals surface area contributed by atoms with E-state index in [1.54, 1.807) is 0 Å².